The van der Waals surface area contributed by atoms with E-state index in [1.54, 1.807) is 21.3 Å². The molecule has 1 N–H and O–H groups in total. The summed E-state index contributed by atoms with van der Waals surface area (Å²) in [4.78, 5) is 4.61. The predicted molar refractivity (Wildman–Crippen MR) is 118 cm³/mol. The van der Waals surface area contributed by atoms with Gasteiger partial charge in [0.05, 0.1) is 27.0 Å². The first-order valence-corrected chi connectivity index (χ1v) is 10.4. The Morgan fingerprint density at radius 2 is 1.80 bits per heavy atom. The molecule has 164 valence electrons. The summed E-state index contributed by atoms with van der Waals surface area (Å²) in [6.07, 6.45) is 1.04. The lowest BCUT2D eigenvalue weighted by Gasteiger charge is -2.24. The molecule has 1 aliphatic rings. The van der Waals surface area contributed by atoms with Crippen molar-refractivity contribution in [3.63, 3.8) is 0 Å². The molecule has 3 rings (SSSR count). The van der Waals surface area contributed by atoms with Gasteiger partial charge in [0.1, 0.15) is 5.76 Å². The van der Waals surface area contributed by atoms with Crippen molar-refractivity contribution < 1.29 is 18.7 Å². The molecule has 9 heteroatoms. The lowest BCUT2D eigenvalue weighted by atomic mass is 10.2. The molecule has 0 atom stereocenters. The van der Waals surface area contributed by atoms with Crippen molar-refractivity contribution in [1.82, 2.24) is 20.3 Å². The summed E-state index contributed by atoms with van der Waals surface area (Å²) >= 11 is 5.66. The smallest absolute Gasteiger partial charge is 0.203 e. The zero-order valence-corrected chi connectivity index (χ0v) is 18.9. The first kappa shape index (κ1) is 22.2. The summed E-state index contributed by atoms with van der Waals surface area (Å²) in [5, 5.41) is 8.22. The van der Waals surface area contributed by atoms with Crippen LogP contribution in [0.4, 0.5) is 0 Å². The van der Waals surface area contributed by atoms with Gasteiger partial charge < -0.3 is 29.0 Å². The second kappa shape index (κ2) is 10.5. The van der Waals surface area contributed by atoms with Gasteiger partial charge in [-0.3, -0.25) is 4.90 Å². The molecule has 1 fully saturated rings. The molecule has 0 unspecified atom stereocenters. The van der Waals surface area contributed by atoms with Crippen LogP contribution in [0.2, 0.25) is 0 Å². The topological polar surface area (TPSA) is 72.2 Å². The van der Waals surface area contributed by atoms with Crippen LogP contribution < -0.4 is 19.5 Å². The Kier molecular flexibility index (Phi) is 7.75. The van der Waals surface area contributed by atoms with Crippen LogP contribution in [-0.4, -0.2) is 67.6 Å². The van der Waals surface area contributed by atoms with E-state index in [2.05, 4.69) is 20.3 Å². The largest absolute Gasteiger partial charge is 0.493 e. The molecule has 1 aromatic heterocycles. The zero-order valence-electron chi connectivity index (χ0n) is 18.1. The number of thiocarbonyl (C=S) groups is 1. The Labute approximate surface area is 183 Å². The van der Waals surface area contributed by atoms with E-state index < -0.39 is 0 Å². The van der Waals surface area contributed by atoms with Crippen molar-refractivity contribution in [2.75, 3.05) is 47.5 Å². The van der Waals surface area contributed by atoms with Crippen LogP contribution in [-0.2, 0) is 13.1 Å². The van der Waals surface area contributed by atoms with Crippen LogP contribution in [0.15, 0.2) is 22.7 Å². The Morgan fingerprint density at radius 1 is 1.07 bits per heavy atom. The average Bonchev–Trinajstić information content (AvgIpc) is 3.02. The van der Waals surface area contributed by atoms with Crippen molar-refractivity contribution in [1.29, 1.82) is 0 Å². The van der Waals surface area contributed by atoms with Gasteiger partial charge in [0.25, 0.3) is 0 Å². The standard InChI is InChI=1S/C21H30N4O4S/c1-15-10-17(23-29-15)14-24-6-5-7-25(9-8-24)21(30)22-13-16-11-18(26-2)20(28-4)19(12-16)27-3/h10-12H,5-9,13-14H2,1-4H3,(H,22,30). The molecule has 0 saturated carbocycles. The third-order valence-electron chi connectivity index (χ3n) is 5.11. The number of aromatic nitrogens is 1. The quantitative estimate of drug-likeness (QED) is 0.662. The normalized spacial score (nSPS) is 14.9. The minimum atomic E-state index is 0.577. The van der Waals surface area contributed by atoms with Gasteiger partial charge in [-0.25, -0.2) is 0 Å². The number of nitrogens with one attached hydrogen (secondary N) is 1. The van der Waals surface area contributed by atoms with Gasteiger partial charge >= 0.3 is 0 Å². The molecule has 8 nitrogen and oxygen atoms in total. The van der Waals surface area contributed by atoms with Gasteiger partial charge in [-0.05, 0) is 43.3 Å². The first-order valence-electron chi connectivity index (χ1n) is 10.00. The minimum absolute atomic E-state index is 0.577. The lowest BCUT2D eigenvalue weighted by Crippen LogP contribution is -2.41. The molecule has 1 saturated heterocycles. The van der Waals surface area contributed by atoms with Crippen LogP contribution >= 0.6 is 12.2 Å². The molecule has 0 spiro atoms. The summed E-state index contributed by atoms with van der Waals surface area (Å²) < 4.78 is 21.4. The second-order valence-corrected chi connectivity index (χ2v) is 7.62. The fourth-order valence-electron chi connectivity index (χ4n) is 3.58. The van der Waals surface area contributed by atoms with E-state index in [1.165, 1.54) is 0 Å². The average molecular weight is 435 g/mol. The van der Waals surface area contributed by atoms with E-state index in [4.69, 9.17) is 31.0 Å². The summed E-state index contributed by atoms with van der Waals surface area (Å²) in [5.41, 5.74) is 1.98. The van der Waals surface area contributed by atoms with E-state index in [-0.39, 0.29) is 0 Å². The number of rotatable bonds is 7. The molecule has 0 radical (unpaired) electrons. The van der Waals surface area contributed by atoms with E-state index >= 15 is 0 Å². The highest BCUT2D eigenvalue weighted by Crippen LogP contribution is 2.38. The highest BCUT2D eigenvalue weighted by atomic mass is 32.1. The maximum Gasteiger partial charge on any atom is 0.203 e. The third kappa shape index (κ3) is 5.54. The number of hydrogen-bond acceptors (Lipinski definition) is 7. The maximum atomic E-state index is 5.66. The van der Waals surface area contributed by atoms with Crippen LogP contribution in [0.25, 0.3) is 0 Å². The molecule has 1 aromatic carbocycles. The second-order valence-electron chi connectivity index (χ2n) is 7.24. The molecule has 30 heavy (non-hydrogen) atoms. The van der Waals surface area contributed by atoms with Gasteiger partial charge in [-0.1, -0.05) is 5.16 Å². The SMILES string of the molecule is COc1cc(CNC(=S)N2CCCN(Cc3cc(C)on3)CC2)cc(OC)c1OC. The first-order chi connectivity index (χ1) is 14.5. The van der Waals surface area contributed by atoms with Gasteiger partial charge in [0.15, 0.2) is 16.6 Å². The van der Waals surface area contributed by atoms with Crippen LogP contribution in [0.3, 0.4) is 0 Å². The molecule has 0 bridgehead atoms. The van der Waals surface area contributed by atoms with Crippen LogP contribution in [0, 0.1) is 6.92 Å². The number of hydrogen-bond donors (Lipinski definition) is 1. The summed E-state index contributed by atoms with van der Waals surface area (Å²) in [7, 11) is 4.82. The predicted octanol–water partition coefficient (Wildman–Crippen LogP) is 2.59. The maximum absolute atomic E-state index is 5.66. The van der Waals surface area contributed by atoms with E-state index in [0.29, 0.717) is 23.8 Å². The Balaban J connectivity index is 1.55. The fourth-order valence-corrected chi connectivity index (χ4v) is 3.84. The molecule has 1 aliphatic heterocycles. The Morgan fingerprint density at radius 3 is 2.40 bits per heavy atom. The Bertz CT molecular complexity index is 832. The molecule has 2 aromatic rings. The highest BCUT2D eigenvalue weighted by Gasteiger charge is 2.19. The van der Waals surface area contributed by atoms with Crippen molar-refractivity contribution in [2.45, 2.75) is 26.4 Å². The summed E-state index contributed by atoms with van der Waals surface area (Å²) in [6.45, 7) is 7.03. The molecule has 0 amide bonds. The molecule has 0 aliphatic carbocycles. The Hall–Kier alpha value is -2.52. The zero-order chi connectivity index (χ0) is 21.5. The van der Waals surface area contributed by atoms with Crippen LogP contribution in [0.5, 0.6) is 17.2 Å². The third-order valence-corrected chi connectivity index (χ3v) is 5.51. The number of nitrogens with zero attached hydrogens (tertiary/aromatic N) is 3. The van der Waals surface area contributed by atoms with Crippen LogP contribution in [0.1, 0.15) is 23.4 Å². The van der Waals surface area contributed by atoms with E-state index in [9.17, 15) is 0 Å². The summed E-state index contributed by atoms with van der Waals surface area (Å²) in [5.74, 6) is 2.70. The number of benzene rings is 1. The van der Waals surface area contributed by atoms with E-state index in [0.717, 1.165) is 61.3 Å². The van der Waals surface area contributed by atoms with Crippen molar-refractivity contribution in [2.24, 2.45) is 0 Å². The monoisotopic (exact) mass is 434 g/mol. The molecule has 2 heterocycles. The van der Waals surface area contributed by atoms with Gasteiger partial charge in [0.2, 0.25) is 5.75 Å². The highest BCUT2D eigenvalue weighted by molar-refractivity contribution is 7.80. The molecular formula is C21H30N4O4S. The summed E-state index contributed by atoms with van der Waals surface area (Å²) in [6, 6.07) is 5.86. The number of ether oxygens (including phenoxy) is 3. The van der Waals surface area contributed by atoms with E-state index in [1.807, 2.05) is 25.1 Å². The van der Waals surface area contributed by atoms with Gasteiger partial charge in [-0.2, -0.15) is 0 Å². The van der Waals surface area contributed by atoms with Gasteiger partial charge in [-0.15, -0.1) is 0 Å². The lowest BCUT2D eigenvalue weighted by molar-refractivity contribution is 0.267. The minimum Gasteiger partial charge on any atom is -0.493 e. The molecular weight excluding hydrogens is 404 g/mol. The van der Waals surface area contributed by atoms with Crippen molar-refractivity contribution >= 4 is 17.3 Å². The van der Waals surface area contributed by atoms with Gasteiger partial charge in [0, 0.05) is 45.3 Å². The van der Waals surface area contributed by atoms with Crippen molar-refractivity contribution in [3.8, 4) is 17.2 Å². The fraction of sp³-hybridized carbons (Fsp3) is 0.524. The van der Waals surface area contributed by atoms with Crippen molar-refractivity contribution in [3.05, 3.63) is 35.2 Å². The number of aryl methyl sites for hydroxylation is 1. The number of methoxy groups -OCH3 is 3.